The maximum absolute atomic E-state index is 12.0. The zero-order chi connectivity index (χ0) is 20.8. The van der Waals surface area contributed by atoms with E-state index in [1.807, 2.05) is 37.2 Å². The van der Waals surface area contributed by atoms with Gasteiger partial charge in [0.15, 0.2) is 5.76 Å². The van der Waals surface area contributed by atoms with Crippen LogP contribution in [0.4, 0.5) is 10.8 Å². The van der Waals surface area contributed by atoms with E-state index in [1.54, 1.807) is 12.3 Å². The van der Waals surface area contributed by atoms with Crippen LogP contribution in [0.3, 0.4) is 0 Å². The first-order valence-electron chi connectivity index (χ1n) is 8.38. The van der Waals surface area contributed by atoms with Gasteiger partial charge in [-0.25, -0.2) is 5.43 Å². The predicted molar refractivity (Wildman–Crippen MR) is 114 cm³/mol. The van der Waals surface area contributed by atoms with Crippen molar-refractivity contribution >= 4 is 56.1 Å². The van der Waals surface area contributed by atoms with Gasteiger partial charge in [-0.15, -0.1) is 10.2 Å². The van der Waals surface area contributed by atoms with Crippen molar-refractivity contribution in [1.29, 1.82) is 0 Å². The summed E-state index contributed by atoms with van der Waals surface area (Å²) in [5.74, 6) is -0.609. The highest BCUT2D eigenvalue weighted by Gasteiger charge is 2.13. The molecule has 0 radical (unpaired) electrons. The number of anilines is 2. The Hall–Kier alpha value is -3.05. The number of hydrazone groups is 1. The van der Waals surface area contributed by atoms with E-state index in [1.165, 1.54) is 12.3 Å². The molecule has 0 aliphatic rings. The van der Waals surface area contributed by atoms with Gasteiger partial charge in [0.2, 0.25) is 11.0 Å². The summed E-state index contributed by atoms with van der Waals surface area (Å²) >= 11 is 4.61. The highest BCUT2D eigenvalue weighted by atomic mass is 79.9. The Morgan fingerprint density at radius 1 is 1.31 bits per heavy atom. The molecule has 0 unspecified atom stereocenters. The van der Waals surface area contributed by atoms with Gasteiger partial charge in [0.25, 0.3) is 5.91 Å². The lowest BCUT2D eigenvalue weighted by Crippen LogP contribution is -2.19. The molecule has 3 aromatic rings. The number of halogens is 1. The number of benzene rings is 1. The summed E-state index contributed by atoms with van der Waals surface area (Å²) in [5, 5.41) is 15.0. The van der Waals surface area contributed by atoms with Gasteiger partial charge in [-0.2, -0.15) is 5.10 Å². The first-order chi connectivity index (χ1) is 13.9. The minimum Gasteiger partial charge on any atom is -0.459 e. The third-order valence-electron chi connectivity index (χ3n) is 3.60. The van der Waals surface area contributed by atoms with E-state index in [0.29, 0.717) is 5.01 Å². The van der Waals surface area contributed by atoms with Crippen molar-refractivity contribution in [3.8, 4) is 0 Å². The minimum absolute atomic E-state index is 0.00507. The molecule has 2 heterocycles. The van der Waals surface area contributed by atoms with Crippen molar-refractivity contribution in [1.82, 2.24) is 15.6 Å². The van der Waals surface area contributed by atoms with Crippen LogP contribution in [0.1, 0.15) is 21.1 Å². The summed E-state index contributed by atoms with van der Waals surface area (Å²) < 4.78 is 5.93. The van der Waals surface area contributed by atoms with Crippen LogP contribution >= 0.6 is 27.3 Å². The van der Waals surface area contributed by atoms with Crippen molar-refractivity contribution in [2.45, 2.75) is 6.42 Å². The van der Waals surface area contributed by atoms with Gasteiger partial charge < -0.3 is 9.32 Å². The third kappa shape index (κ3) is 5.72. The van der Waals surface area contributed by atoms with E-state index in [9.17, 15) is 9.59 Å². The number of nitrogens with zero attached hydrogens (tertiary/aromatic N) is 4. The van der Waals surface area contributed by atoms with Crippen LogP contribution in [-0.4, -0.2) is 42.3 Å². The maximum atomic E-state index is 12.0. The third-order valence-corrected chi connectivity index (χ3v) is 5.07. The number of aromatic nitrogens is 2. The van der Waals surface area contributed by atoms with Crippen molar-refractivity contribution in [3.05, 3.63) is 57.4 Å². The molecule has 0 saturated carbocycles. The number of hydrogen-bond donors (Lipinski definition) is 2. The molecule has 1 aromatic carbocycles. The van der Waals surface area contributed by atoms with Gasteiger partial charge in [-0.1, -0.05) is 17.4 Å². The summed E-state index contributed by atoms with van der Waals surface area (Å²) in [6.07, 6.45) is 2.95. The van der Waals surface area contributed by atoms with Crippen molar-refractivity contribution in [2.75, 3.05) is 24.3 Å². The second-order valence-corrected chi connectivity index (χ2v) is 7.92. The van der Waals surface area contributed by atoms with Crippen LogP contribution in [0.25, 0.3) is 0 Å². The number of rotatable bonds is 7. The molecule has 3 rings (SSSR count). The molecule has 9 nitrogen and oxygen atoms in total. The summed E-state index contributed by atoms with van der Waals surface area (Å²) in [7, 11) is 3.91. The van der Waals surface area contributed by atoms with E-state index in [-0.39, 0.29) is 23.2 Å². The van der Waals surface area contributed by atoms with Crippen molar-refractivity contribution < 1.29 is 14.0 Å². The Kier molecular flexibility index (Phi) is 6.73. The van der Waals surface area contributed by atoms with Gasteiger partial charge >= 0.3 is 0 Å². The van der Waals surface area contributed by atoms with Crippen LogP contribution < -0.4 is 15.6 Å². The van der Waals surface area contributed by atoms with E-state index in [0.717, 1.165) is 27.1 Å². The summed E-state index contributed by atoms with van der Waals surface area (Å²) in [6.45, 7) is 0. The molecule has 2 aromatic heterocycles. The molecule has 0 atom stereocenters. The Morgan fingerprint density at radius 3 is 2.83 bits per heavy atom. The Labute approximate surface area is 178 Å². The number of hydrogen-bond acceptors (Lipinski definition) is 8. The van der Waals surface area contributed by atoms with Gasteiger partial charge in [-0.05, 0) is 45.8 Å². The summed E-state index contributed by atoms with van der Waals surface area (Å²) in [5.41, 5.74) is 4.32. The predicted octanol–water partition coefficient (Wildman–Crippen LogP) is 2.90. The summed E-state index contributed by atoms with van der Waals surface area (Å²) in [6, 6.07) is 8.90. The number of amides is 2. The molecule has 29 heavy (non-hydrogen) atoms. The fraction of sp³-hybridized carbons (Fsp3) is 0.167. The maximum Gasteiger partial charge on any atom is 0.293 e. The molecular formula is C18H17BrN6O3S. The smallest absolute Gasteiger partial charge is 0.293 e. The van der Waals surface area contributed by atoms with Crippen LogP contribution in [-0.2, 0) is 11.2 Å². The molecule has 0 saturated heterocycles. The fourth-order valence-electron chi connectivity index (χ4n) is 2.26. The largest absolute Gasteiger partial charge is 0.459 e. The molecule has 0 aliphatic carbocycles. The zero-order valence-corrected chi connectivity index (χ0v) is 18.0. The monoisotopic (exact) mass is 476 g/mol. The summed E-state index contributed by atoms with van der Waals surface area (Å²) in [4.78, 5) is 25.9. The normalized spacial score (nSPS) is 10.9. The SMILES string of the molecule is CN(C)c1ccc(/C=N\NC(=O)Cc2nnc(NC(=O)c3ccco3)s2)cc1Br. The Morgan fingerprint density at radius 2 is 2.14 bits per heavy atom. The second kappa shape index (κ2) is 9.43. The minimum atomic E-state index is -0.432. The average Bonchev–Trinajstić information content (AvgIpc) is 3.33. The highest BCUT2D eigenvalue weighted by molar-refractivity contribution is 9.10. The molecule has 0 bridgehead atoms. The van der Waals surface area contributed by atoms with E-state index < -0.39 is 5.91 Å². The molecule has 2 N–H and O–H groups in total. The first kappa shape index (κ1) is 20.7. The molecule has 0 aliphatic heterocycles. The van der Waals surface area contributed by atoms with Crippen molar-refractivity contribution in [3.63, 3.8) is 0 Å². The number of furan rings is 1. The Balaban J connectivity index is 1.51. The number of nitrogens with one attached hydrogen (secondary N) is 2. The van der Waals surface area contributed by atoms with E-state index in [4.69, 9.17) is 4.42 Å². The lowest BCUT2D eigenvalue weighted by atomic mass is 10.2. The van der Waals surface area contributed by atoms with E-state index in [2.05, 4.69) is 42.0 Å². The first-order valence-corrected chi connectivity index (χ1v) is 9.99. The number of carbonyl (C=O) groups excluding carboxylic acids is 2. The molecule has 0 fully saturated rings. The van der Waals surface area contributed by atoms with Crippen LogP contribution in [0, 0.1) is 0 Å². The fourth-order valence-corrected chi connectivity index (χ4v) is 3.75. The average molecular weight is 477 g/mol. The quantitative estimate of drug-likeness (QED) is 0.400. The molecule has 2 amide bonds. The van der Waals surface area contributed by atoms with Gasteiger partial charge in [-0.3, -0.25) is 14.9 Å². The highest BCUT2D eigenvalue weighted by Crippen LogP contribution is 2.25. The topological polar surface area (TPSA) is 113 Å². The molecular weight excluding hydrogens is 460 g/mol. The molecule has 150 valence electrons. The van der Waals surface area contributed by atoms with Gasteiger partial charge in [0.1, 0.15) is 5.01 Å². The Bertz CT molecular complexity index is 1030. The lowest BCUT2D eigenvalue weighted by Gasteiger charge is -2.14. The van der Waals surface area contributed by atoms with Gasteiger partial charge in [0.05, 0.1) is 24.6 Å². The molecule has 11 heteroatoms. The molecule has 0 spiro atoms. The van der Waals surface area contributed by atoms with Crippen LogP contribution in [0.5, 0.6) is 0 Å². The van der Waals surface area contributed by atoms with Crippen molar-refractivity contribution in [2.24, 2.45) is 5.10 Å². The van der Waals surface area contributed by atoms with E-state index >= 15 is 0 Å². The lowest BCUT2D eigenvalue weighted by molar-refractivity contribution is -0.120. The van der Waals surface area contributed by atoms with Gasteiger partial charge in [0, 0.05) is 18.6 Å². The van der Waals surface area contributed by atoms with Crippen LogP contribution in [0.15, 0.2) is 50.6 Å². The number of carbonyl (C=O) groups is 2. The standard InChI is InChI=1S/C18H17BrN6O3S/c1-25(2)13-6-5-11(8-12(13)19)10-20-22-15(26)9-16-23-24-18(29-16)21-17(27)14-4-3-7-28-14/h3-8,10H,9H2,1-2H3,(H,22,26)(H,21,24,27)/b20-10-. The zero-order valence-electron chi connectivity index (χ0n) is 15.5. The van der Waals surface area contributed by atoms with Crippen LogP contribution in [0.2, 0.25) is 0 Å². The second-order valence-electron chi connectivity index (χ2n) is 6.01.